The molecule has 0 saturated carbocycles. The predicted molar refractivity (Wildman–Crippen MR) is 121 cm³/mol. The third-order valence-electron chi connectivity index (χ3n) is 5.36. The van der Waals surface area contributed by atoms with Crippen LogP contribution in [0.1, 0.15) is 18.5 Å². The summed E-state index contributed by atoms with van der Waals surface area (Å²) in [7, 11) is 0. The van der Waals surface area contributed by atoms with E-state index in [2.05, 4.69) is 15.2 Å². The van der Waals surface area contributed by atoms with Crippen molar-refractivity contribution in [3.63, 3.8) is 0 Å². The normalized spacial score (nSPS) is 16.7. The van der Waals surface area contributed by atoms with E-state index in [1.165, 1.54) is 0 Å². The van der Waals surface area contributed by atoms with Gasteiger partial charge in [-0.15, -0.1) is 0 Å². The molecule has 0 bridgehead atoms. The fraction of sp³-hybridized carbons (Fsp3) is 0.304. The molecule has 1 amide bonds. The largest absolute Gasteiger partial charge is 0.492 e. The molecular weight excluding hydrogens is 400 g/mol. The number of nitrogens with zero attached hydrogens (tertiary/aromatic N) is 2. The number of halogens is 1. The monoisotopic (exact) mass is 424 g/mol. The zero-order valence-electron chi connectivity index (χ0n) is 16.9. The van der Waals surface area contributed by atoms with E-state index in [-0.39, 0.29) is 11.9 Å². The Balaban J connectivity index is 1.37. The van der Waals surface area contributed by atoms with Crippen LogP contribution in [-0.4, -0.2) is 41.5 Å². The first-order valence-electron chi connectivity index (χ1n) is 10.1. The Hall–Kier alpha value is -2.83. The number of nitrogen functional groups attached to an aromatic ring is 1. The number of hydrogen-bond acceptors (Lipinski definition) is 5. The molecule has 0 radical (unpaired) electrons. The molecule has 2 aromatic carbocycles. The number of aryl methyl sites for hydroxylation is 1. The van der Waals surface area contributed by atoms with Crippen LogP contribution in [0.3, 0.4) is 0 Å². The fourth-order valence-corrected chi connectivity index (χ4v) is 4.02. The second-order valence-electron chi connectivity index (χ2n) is 7.57. The predicted octanol–water partition coefficient (Wildman–Crippen LogP) is 4.26. The molecular formula is C23H25ClN4O2. The van der Waals surface area contributed by atoms with E-state index in [9.17, 15) is 4.79 Å². The zero-order valence-corrected chi connectivity index (χ0v) is 17.7. The van der Waals surface area contributed by atoms with Crippen molar-refractivity contribution in [2.75, 3.05) is 30.7 Å². The van der Waals surface area contributed by atoms with Gasteiger partial charge in [-0.3, -0.25) is 14.7 Å². The van der Waals surface area contributed by atoms with Crippen molar-refractivity contribution < 1.29 is 9.53 Å². The molecule has 1 saturated heterocycles. The molecule has 2 heterocycles. The van der Waals surface area contributed by atoms with Crippen molar-refractivity contribution >= 4 is 39.8 Å². The van der Waals surface area contributed by atoms with Gasteiger partial charge in [0, 0.05) is 34.0 Å². The van der Waals surface area contributed by atoms with Crippen LogP contribution < -0.4 is 15.8 Å². The zero-order chi connectivity index (χ0) is 21.1. The number of nitrogens with two attached hydrogens (primary N) is 1. The van der Waals surface area contributed by atoms with Gasteiger partial charge in [-0.2, -0.15) is 0 Å². The molecule has 1 atom stereocenters. The van der Waals surface area contributed by atoms with Crippen molar-refractivity contribution in [2.45, 2.75) is 25.8 Å². The van der Waals surface area contributed by atoms with Gasteiger partial charge in [-0.05, 0) is 74.8 Å². The van der Waals surface area contributed by atoms with E-state index in [4.69, 9.17) is 22.1 Å². The number of fused-ring (bicyclic) bond motifs is 1. The Kier molecular flexibility index (Phi) is 6.06. The molecule has 6 nitrogen and oxygen atoms in total. The molecule has 7 heteroatoms. The number of ether oxygens (including phenoxy) is 1. The maximum Gasteiger partial charge on any atom is 0.241 e. The first-order chi connectivity index (χ1) is 14.5. The molecule has 4 rings (SSSR count). The van der Waals surface area contributed by atoms with Gasteiger partial charge < -0.3 is 15.8 Å². The van der Waals surface area contributed by atoms with Crippen LogP contribution in [0.25, 0.3) is 10.9 Å². The minimum atomic E-state index is -0.164. The van der Waals surface area contributed by atoms with Gasteiger partial charge in [0.15, 0.2) is 0 Å². The van der Waals surface area contributed by atoms with Gasteiger partial charge in [0.05, 0.1) is 11.6 Å². The van der Waals surface area contributed by atoms with Gasteiger partial charge in [-0.1, -0.05) is 11.6 Å². The summed E-state index contributed by atoms with van der Waals surface area (Å²) in [5, 5.41) is 4.57. The molecule has 3 N–H and O–H groups in total. The standard InChI is InChI=1S/C23H25ClN4O2/c1-15-13-20(25)19-14-17(6-9-21(19)26-15)27-23(29)22-3-2-10-28(22)11-12-30-18-7-4-16(24)5-8-18/h4-9,13-14,22H,2-3,10-12H2,1H3,(H2,25,26)(H,27,29). The van der Waals surface area contributed by atoms with Gasteiger partial charge in [0.2, 0.25) is 5.91 Å². The number of rotatable bonds is 6. The van der Waals surface area contributed by atoms with Crippen molar-refractivity contribution in [1.82, 2.24) is 9.88 Å². The average molecular weight is 425 g/mol. The summed E-state index contributed by atoms with van der Waals surface area (Å²) in [5.41, 5.74) is 9.22. The summed E-state index contributed by atoms with van der Waals surface area (Å²) in [6.45, 7) is 4.00. The Morgan fingerprint density at radius 3 is 2.87 bits per heavy atom. The molecule has 1 fully saturated rings. The summed E-state index contributed by atoms with van der Waals surface area (Å²) in [6, 6.07) is 14.6. The van der Waals surface area contributed by atoms with Crippen LogP contribution >= 0.6 is 11.6 Å². The first kappa shape index (κ1) is 20.4. The number of anilines is 2. The number of amides is 1. The van der Waals surface area contributed by atoms with E-state index < -0.39 is 0 Å². The van der Waals surface area contributed by atoms with E-state index in [0.29, 0.717) is 23.9 Å². The van der Waals surface area contributed by atoms with Gasteiger partial charge in [0.25, 0.3) is 0 Å². The highest BCUT2D eigenvalue weighted by atomic mass is 35.5. The van der Waals surface area contributed by atoms with Crippen LogP contribution in [0, 0.1) is 6.92 Å². The molecule has 30 heavy (non-hydrogen) atoms. The molecule has 1 aliphatic heterocycles. The van der Waals surface area contributed by atoms with Crippen LogP contribution in [0.4, 0.5) is 11.4 Å². The molecule has 1 aromatic heterocycles. The van der Waals surface area contributed by atoms with Crippen molar-refractivity contribution in [1.29, 1.82) is 0 Å². The van der Waals surface area contributed by atoms with Crippen molar-refractivity contribution in [3.05, 3.63) is 59.2 Å². The van der Waals surface area contributed by atoms with Gasteiger partial charge >= 0.3 is 0 Å². The fourth-order valence-electron chi connectivity index (χ4n) is 3.90. The average Bonchev–Trinajstić information content (AvgIpc) is 3.18. The number of carbonyl (C=O) groups excluding carboxylic acids is 1. The maximum absolute atomic E-state index is 12.9. The number of aromatic nitrogens is 1. The topological polar surface area (TPSA) is 80.5 Å². The third-order valence-corrected chi connectivity index (χ3v) is 5.62. The molecule has 156 valence electrons. The highest BCUT2D eigenvalue weighted by molar-refractivity contribution is 6.30. The minimum Gasteiger partial charge on any atom is -0.492 e. The summed E-state index contributed by atoms with van der Waals surface area (Å²) >= 11 is 5.90. The summed E-state index contributed by atoms with van der Waals surface area (Å²) in [5.74, 6) is 0.772. The Bertz CT molecular complexity index is 1060. The SMILES string of the molecule is Cc1cc(N)c2cc(NC(=O)C3CCCN3CCOc3ccc(Cl)cc3)ccc2n1. The van der Waals surface area contributed by atoms with Crippen LogP contribution in [0.5, 0.6) is 5.75 Å². The molecule has 0 spiro atoms. The third kappa shape index (κ3) is 4.66. The lowest BCUT2D eigenvalue weighted by molar-refractivity contribution is -0.120. The lowest BCUT2D eigenvalue weighted by atomic mass is 10.1. The number of hydrogen-bond donors (Lipinski definition) is 2. The van der Waals surface area contributed by atoms with E-state index >= 15 is 0 Å². The van der Waals surface area contributed by atoms with Gasteiger partial charge in [0.1, 0.15) is 12.4 Å². The second-order valence-corrected chi connectivity index (χ2v) is 8.01. The van der Waals surface area contributed by atoms with Crippen LogP contribution in [0.2, 0.25) is 5.02 Å². The lowest BCUT2D eigenvalue weighted by Crippen LogP contribution is -2.41. The number of carbonyl (C=O) groups is 1. The Labute approximate surface area is 181 Å². The number of likely N-dealkylation sites (tertiary alicyclic amines) is 1. The van der Waals surface area contributed by atoms with E-state index in [1.807, 2.05) is 43.3 Å². The summed E-state index contributed by atoms with van der Waals surface area (Å²) < 4.78 is 5.79. The Morgan fingerprint density at radius 1 is 1.27 bits per heavy atom. The second kappa shape index (κ2) is 8.90. The Morgan fingerprint density at radius 2 is 2.07 bits per heavy atom. The maximum atomic E-state index is 12.9. The smallest absolute Gasteiger partial charge is 0.241 e. The molecule has 0 aliphatic carbocycles. The highest BCUT2D eigenvalue weighted by Gasteiger charge is 2.30. The lowest BCUT2D eigenvalue weighted by Gasteiger charge is -2.23. The molecule has 3 aromatic rings. The first-order valence-corrected chi connectivity index (χ1v) is 10.5. The summed E-state index contributed by atoms with van der Waals surface area (Å²) in [6.07, 6.45) is 1.83. The van der Waals surface area contributed by atoms with Crippen LogP contribution in [-0.2, 0) is 4.79 Å². The van der Waals surface area contributed by atoms with Crippen molar-refractivity contribution in [3.8, 4) is 5.75 Å². The quantitative estimate of drug-likeness (QED) is 0.618. The molecule has 1 aliphatic rings. The number of nitrogens with one attached hydrogen (secondary N) is 1. The molecule has 1 unspecified atom stereocenters. The van der Waals surface area contributed by atoms with Crippen molar-refractivity contribution in [2.24, 2.45) is 0 Å². The number of pyridine rings is 1. The van der Waals surface area contributed by atoms with E-state index in [1.54, 1.807) is 12.1 Å². The summed E-state index contributed by atoms with van der Waals surface area (Å²) in [4.78, 5) is 19.6. The van der Waals surface area contributed by atoms with E-state index in [0.717, 1.165) is 47.4 Å². The highest BCUT2D eigenvalue weighted by Crippen LogP contribution is 2.25. The van der Waals surface area contributed by atoms with Gasteiger partial charge in [-0.25, -0.2) is 0 Å². The number of benzene rings is 2. The van der Waals surface area contributed by atoms with Crippen LogP contribution in [0.15, 0.2) is 48.5 Å². The minimum absolute atomic E-state index is 0.00279.